The molecule has 0 amide bonds. The van der Waals surface area contributed by atoms with Crippen LogP contribution in [0.3, 0.4) is 0 Å². The number of ether oxygens (including phenoxy) is 1. The predicted octanol–water partition coefficient (Wildman–Crippen LogP) is 1.71. The van der Waals surface area contributed by atoms with Gasteiger partial charge in [-0.15, -0.1) is 0 Å². The summed E-state index contributed by atoms with van der Waals surface area (Å²) in [6.45, 7) is 5.82. The number of fused-ring (bicyclic) bond motifs is 1. The van der Waals surface area contributed by atoms with Crippen molar-refractivity contribution in [2.45, 2.75) is 31.8 Å². The van der Waals surface area contributed by atoms with Crippen LogP contribution in [0, 0.1) is 17.2 Å². The number of hydrogen-bond donors (Lipinski definition) is 2. The number of nitrogens with zero attached hydrogens (tertiary/aromatic N) is 2. The van der Waals surface area contributed by atoms with Crippen LogP contribution in [-0.4, -0.2) is 15.7 Å². The van der Waals surface area contributed by atoms with Crippen LogP contribution in [0.1, 0.15) is 32.3 Å². The van der Waals surface area contributed by atoms with Crippen LogP contribution in [0.5, 0.6) is 5.88 Å². The number of H-pyrrole nitrogens is 1. The Hall–Kier alpha value is -1.94. The lowest BCUT2D eigenvalue weighted by Gasteiger charge is -2.26. The number of aromatic amines is 1. The van der Waals surface area contributed by atoms with Gasteiger partial charge in [-0.05, 0) is 11.7 Å². The van der Waals surface area contributed by atoms with E-state index < -0.39 is 0 Å². The van der Waals surface area contributed by atoms with Gasteiger partial charge in [0.05, 0.1) is 11.1 Å². The first-order valence-corrected chi connectivity index (χ1v) is 7.32. The van der Waals surface area contributed by atoms with Crippen molar-refractivity contribution >= 4 is 11.8 Å². The topological polar surface area (TPSA) is 105 Å². The Morgan fingerprint density at radius 2 is 2.30 bits per heavy atom. The van der Waals surface area contributed by atoms with E-state index in [1.807, 2.05) is 26.8 Å². The summed E-state index contributed by atoms with van der Waals surface area (Å²) >= 11 is 1.41. The smallest absolute Gasteiger partial charge is 0.259 e. The lowest BCUT2D eigenvalue weighted by atomic mass is 9.82. The normalized spacial score (nSPS) is 17.6. The molecule has 0 unspecified atom stereocenters. The standard InChI is InChI=1S/C13H16N4O2S/c1-4-20-13-16-11(18)9-8(6(2)3)7(5-14)10(15)19-12(9)17-13/h6,8H,4,15H2,1-3H3,(H,16,17,18)/t8-/m1/s1. The van der Waals surface area contributed by atoms with Crippen molar-refractivity contribution in [2.24, 2.45) is 11.7 Å². The molecule has 7 heteroatoms. The lowest BCUT2D eigenvalue weighted by molar-refractivity contribution is 0.350. The summed E-state index contributed by atoms with van der Waals surface area (Å²) in [4.78, 5) is 19.3. The summed E-state index contributed by atoms with van der Waals surface area (Å²) in [6.07, 6.45) is 0. The maximum absolute atomic E-state index is 12.3. The molecule has 1 aromatic heterocycles. The molecule has 20 heavy (non-hydrogen) atoms. The molecule has 0 aliphatic carbocycles. The predicted molar refractivity (Wildman–Crippen MR) is 76.3 cm³/mol. The van der Waals surface area contributed by atoms with Crippen LogP contribution in [0.2, 0.25) is 0 Å². The average Bonchev–Trinajstić information content (AvgIpc) is 2.37. The molecule has 1 atom stereocenters. The van der Waals surface area contributed by atoms with Crippen molar-refractivity contribution in [2.75, 3.05) is 5.75 Å². The molecular formula is C13H16N4O2S. The molecule has 1 aromatic rings. The highest BCUT2D eigenvalue weighted by molar-refractivity contribution is 7.99. The third kappa shape index (κ3) is 2.39. The van der Waals surface area contributed by atoms with Gasteiger partial charge in [0.25, 0.3) is 5.56 Å². The van der Waals surface area contributed by atoms with Gasteiger partial charge in [-0.1, -0.05) is 32.5 Å². The molecule has 0 spiro atoms. The number of hydrogen-bond acceptors (Lipinski definition) is 6. The van der Waals surface area contributed by atoms with Crippen molar-refractivity contribution < 1.29 is 4.74 Å². The van der Waals surface area contributed by atoms with E-state index in [4.69, 9.17) is 10.5 Å². The number of allylic oxidation sites excluding steroid dienone is 1. The first-order chi connectivity index (χ1) is 9.49. The molecule has 0 fully saturated rings. The highest BCUT2D eigenvalue weighted by atomic mass is 32.2. The van der Waals surface area contributed by atoms with Crippen LogP contribution < -0.4 is 16.0 Å². The number of aromatic nitrogens is 2. The Morgan fingerprint density at radius 1 is 1.60 bits per heavy atom. The van der Waals surface area contributed by atoms with Crippen LogP contribution in [0.25, 0.3) is 0 Å². The fourth-order valence-electron chi connectivity index (χ4n) is 2.25. The maximum Gasteiger partial charge on any atom is 0.259 e. The van der Waals surface area contributed by atoms with Crippen molar-refractivity contribution in [3.63, 3.8) is 0 Å². The van der Waals surface area contributed by atoms with E-state index in [2.05, 4.69) is 9.97 Å². The highest BCUT2D eigenvalue weighted by Gasteiger charge is 2.35. The van der Waals surface area contributed by atoms with E-state index in [9.17, 15) is 10.1 Å². The lowest BCUT2D eigenvalue weighted by Crippen LogP contribution is -2.30. The molecule has 1 aliphatic heterocycles. The van der Waals surface area contributed by atoms with Crippen molar-refractivity contribution in [1.29, 1.82) is 5.26 Å². The van der Waals surface area contributed by atoms with E-state index in [0.29, 0.717) is 10.7 Å². The summed E-state index contributed by atoms with van der Waals surface area (Å²) in [5.74, 6) is 0.674. The van der Waals surface area contributed by atoms with Gasteiger partial charge < -0.3 is 15.5 Å². The van der Waals surface area contributed by atoms with Crippen molar-refractivity contribution in [3.05, 3.63) is 27.4 Å². The molecule has 0 saturated carbocycles. The van der Waals surface area contributed by atoms with Gasteiger partial charge in [0, 0.05) is 5.92 Å². The fourth-order valence-corrected chi connectivity index (χ4v) is 2.83. The number of nitriles is 1. The number of nitrogens with two attached hydrogens (primary N) is 1. The third-order valence-electron chi connectivity index (χ3n) is 3.06. The quantitative estimate of drug-likeness (QED) is 0.649. The Bertz CT molecular complexity index is 657. The molecule has 1 aliphatic rings. The Balaban J connectivity index is 2.63. The number of nitrogens with one attached hydrogen (secondary N) is 1. The van der Waals surface area contributed by atoms with Gasteiger partial charge in [0.1, 0.15) is 6.07 Å². The van der Waals surface area contributed by atoms with E-state index in [0.717, 1.165) is 5.75 Å². The second kappa shape index (κ2) is 5.59. The van der Waals surface area contributed by atoms with Crippen LogP contribution in [0.4, 0.5) is 0 Å². The second-order valence-electron chi connectivity index (χ2n) is 4.74. The second-order valence-corrected chi connectivity index (χ2v) is 5.99. The molecule has 0 bridgehead atoms. The third-order valence-corrected chi connectivity index (χ3v) is 3.82. The van der Waals surface area contributed by atoms with Crippen molar-refractivity contribution in [1.82, 2.24) is 9.97 Å². The molecule has 2 heterocycles. The van der Waals surface area contributed by atoms with Crippen LogP contribution in [-0.2, 0) is 0 Å². The zero-order chi connectivity index (χ0) is 14.9. The monoisotopic (exact) mass is 292 g/mol. The molecule has 6 nitrogen and oxygen atoms in total. The zero-order valence-corrected chi connectivity index (χ0v) is 12.4. The van der Waals surface area contributed by atoms with Crippen molar-refractivity contribution in [3.8, 4) is 11.9 Å². The minimum absolute atomic E-state index is 0.0317. The molecule has 0 radical (unpaired) electrons. The molecule has 3 N–H and O–H groups in total. The molecule has 2 rings (SSSR count). The average molecular weight is 292 g/mol. The Kier molecular flexibility index (Phi) is 4.04. The summed E-state index contributed by atoms with van der Waals surface area (Å²) in [7, 11) is 0. The minimum Gasteiger partial charge on any atom is -0.422 e. The zero-order valence-electron chi connectivity index (χ0n) is 11.6. The van der Waals surface area contributed by atoms with Gasteiger partial charge >= 0.3 is 0 Å². The largest absolute Gasteiger partial charge is 0.422 e. The van der Waals surface area contributed by atoms with E-state index in [1.165, 1.54) is 11.8 Å². The van der Waals surface area contributed by atoms with Crippen LogP contribution >= 0.6 is 11.8 Å². The summed E-state index contributed by atoms with van der Waals surface area (Å²) in [6, 6.07) is 2.04. The van der Waals surface area contributed by atoms with Gasteiger partial charge in [0.15, 0.2) is 5.16 Å². The SMILES string of the molecule is CCSc1nc2c(c(=O)[nH]1)[C@H](C(C)C)C(C#N)=C(N)O2. The van der Waals surface area contributed by atoms with Gasteiger partial charge in [-0.3, -0.25) is 4.79 Å². The van der Waals surface area contributed by atoms with Gasteiger partial charge in [-0.25, -0.2) is 0 Å². The summed E-state index contributed by atoms with van der Waals surface area (Å²) in [5.41, 5.74) is 6.18. The fraction of sp³-hybridized carbons (Fsp3) is 0.462. The summed E-state index contributed by atoms with van der Waals surface area (Å²) < 4.78 is 5.37. The Labute approximate surface area is 121 Å². The number of thioether (sulfide) groups is 1. The summed E-state index contributed by atoms with van der Waals surface area (Å²) in [5, 5.41) is 9.72. The van der Waals surface area contributed by atoms with Gasteiger partial charge in [0.2, 0.25) is 11.8 Å². The van der Waals surface area contributed by atoms with Crippen LogP contribution in [0.15, 0.2) is 21.4 Å². The molecule has 106 valence electrons. The van der Waals surface area contributed by atoms with E-state index >= 15 is 0 Å². The minimum atomic E-state index is -0.388. The van der Waals surface area contributed by atoms with E-state index in [1.54, 1.807) is 0 Å². The maximum atomic E-state index is 12.3. The first-order valence-electron chi connectivity index (χ1n) is 6.34. The Morgan fingerprint density at radius 3 is 2.85 bits per heavy atom. The number of rotatable bonds is 3. The molecule has 0 aromatic carbocycles. The first kappa shape index (κ1) is 14.5. The molecular weight excluding hydrogens is 276 g/mol. The molecule has 0 saturated heterocycles. The van der Waals surface area contributed by atoms with Gasteiger partial charge in [-0.2, -0.15) is 10.2 Å². The highest BCUT2D eigenvalue weighted by Crippen LogP contribution is 2.39. The van der Waals surface area contributed by atoms with E-state index in [-0.39, 0.29) is 34.7 Å².